The van der Waals surface area contributed by atoms with Gasteiger partial charge in [0.15, 0.2) is 5.11 Å². The molecular weight excluding hydrogens is 458 g/mol. The fourth-order valence-corrected chi connectivity index (χ4v) is 3.73. The van der Waals surface area contributed by atoms with Crippen molar-refractivity contribution < 1.29 is 14.3 Å². The van der Waals surface area contributed by atoms with Crippen molar-refractivity contribution in [2.75, 3.05) is 23.4 Å². The van der Waals surface area contributed by atoms with E-state index in [-0.39, 0.29) is 16.9 Å². The molecule has 0 aromatic heterocycles. The lowest BCUT2D eigenvalue weighted by Gasteiger charge is -2.21. The normalized spacial score (nSPS) is 10.3. The molecule has 182 valence electrons. The summed E-state index contributed by atoms with van der Waals surface area (Å²) in [5, 5.41) is 5.82. The molecule has 35 heavy (non-hydrogen) atoms. The van der Waals surface area contributed by atoms with Gasteiger partial charge >= 0.3 is 0 Å². The summed E-state index contributed by atoms with van der Waals surface area (Å²) in [4.78, 5) is 27.4. The van der Waals surface area contributed by atoms with Crippen LogP contribution in [0.5, 0.6) is 5.75 Å². The van der Waals surface area contributed by atoms with E-state index in [1.165, 1.54) is 0 Å². The molecular formula is C28H31N3O3S. The molecule has 0 heterocycles. The molecule has 0 aliphatic rings. The summed E-state index contributed by atoms with van der Waals surface area (Å²) in [5.74, 6) is 0.291. The van der Waals surface area contributed by atoms with E-state index in [2.05, 4.69) is 17.6 Å². The lowest BCUT2D eigenvalue weighted by atomic mass is 10.1. The van der Waals surface area contributed by atoms with Crippen LogP contribution in [-0.4, -0.2) is 30.1 Å². The predicted octanol–water partition coefficient (Wildman–Crippen LogP) is 6.05. The smallest absolute Gasteiger partial charge is 0.258 e. The van der Waals surface area contributed by atoms with Crippen LogP contribution in [0.1, 0.15) is 53.8 Å². The van der Waals surface area contributed by atoms with E-state index in [9.17, 15) is 9.59 Å². The van der Waals surface area contributed by atoms with Crippen LogP contribution in [0.2, 0.25) is 0 Å². The number of anilines is 2. The van der Waals surface area contributed by atoms with Crippen molar-refractivity contribution in [3.8, 4) is 5.75 Å². The number of amides is 2. The maximum atomic E-state index is 13.1. The minimum Gasteiger partial charge on any atom is -0.494 e. The van der Waals surface area contributed by atoms with Crippen molar-refractivity contribution in [1.29, 1.82) is 0 Å². The van der Waals surface area contributed by atoms with Crippen LogP contribution in [0.4, 0.5) is 11.4 Å². The predicted molar refractivity (Wildman–Crippen MR) is 145 cm³/mol. The molecule has 0 aliphatic heterocycles. The number of para-hydroxylation sites is 1. The van der Waals surface area contributed by atoms with Crippen LogP contribution in [0, 0.1) is 0 Å². The average molecular weight is 490 g/mol. The highest BCUT2D eigenvalue weighted by Gasteiger charge is 2.16. The molecule has 3 aromatic rings. The zero-order valence-electron chi connectivity index (χ0n) is 20.1. The number of unbranched alkanes of at least 4 members (excludes halogenated alkanes) is 2. The number of thiocarbonyl (C=S) groups is 1. The number of benzene rings is 3. The van der Waals surface area contributed by atoms with Gasteiger partial charge in [0, 0.05) is 29.0 Å². The molecule has 0 aliphatic carbocycles. The third kappa shape index (κ3) is 7.65. The molecule has 0 saturated heterocycles. The van der Waals surface area contributed by atoms with Gasteiger partial charge in [0.05, 0.1) is 6.61 Å². The molecule has 3 aromatic carbocycles. The zero-order chi connectivity index (χ0) is 25.0. The van der Waals surface area contributed by atoms with Crippen LogP contribution in [-0.2, 0) is 0 Å². The Morgan fingerprint density at radius 2 is 1.63 bits per heavy atom. The van der Waals surface area contributed by atoms with E-state index in [4.69, 9.17) is 17.0 Å². The Kier molecular flexibility index (Phi) is 9.80. The summed E-state index contributed by atoms with van der Waals surface area (Å²) in [7, 11) is 0. The van der Waals surface area contributed by atoms with Crippen LogP contribution < -0.4 is 20.3 Å². The van der Waals surface area contributed by atoms with Gasteiger partial charge in [-0.3, -0.25) is 14.9 Å². The molecule has 0 bridgehead atoms. The van der Waals surface area contributed by atoms with E-state index < -0.39 is 0 Å². The summed E-state index contributed by atoms with van der Waals surface area (Å²) in [6.45, 7) is 5.28. The summed E-state index contributed by atoms with van der Waals surface area (Å²) in [6.07, 6.45) is 3.28. The van der Waals surface area contributed by atoms with Crippen molar-refractivity contribution >= 4 is 40.5 Å². The Bertz CT molecular complexity index is 1130. The maximum absolute atomic E-state index is 13.1. The number of rotatable bonds is 10. The monoisotopic (exact) mass is 489 g/mol. The van der Waals surface area contributed by atoms with Gasteiger partial charge in [-0.2, -0.15) is 0 Å². The van der Waals surface area contributed by atoms with Gasteiger partial charge in [0.25, 0.3) is 11.8 Å². The fourth-order valence-electron chi connectivity index (χ4n) is 3.52. The van der Waals surface area contributed by atoms with Crippen LogP contribution in [0.15, 0.2) is 78.9 Å². The Balaban J connectivity index is 1.58. The van der Waals surface area contributed by atoms with E-state index in [0.717, 1.165) is 30.7 Å². The van der Waals surface area contributed by atoms with Gasteiger partial charge in [0.1, 0.15) is 5.75 Å². The van der Waals surface area contributed by atoms with Crippen molar-refractivity contribution in [1.82, 2.24) is 5.32 Å². The van der Waals surface area contributed by atoms with Crippen LogP contribution in [0.3, 0.4) is 0 Å². The number of hydrogen-bond donors (Lipinski definition) is 2. The van der Waals surface area contributed by atoms with Gasteiger partial charge in [-0.15, -0.1) is 0 Å². The van der Waals surface area contributed by atoms with Gasteiger partial charge in [-0.25, -0.2) is 0 Å². The summed E-state index contributed by atoms with van der Waals surface area (Å²) in [6, 6.07) is 23.5. The molecule has 0 radical (unpaired) electrons. The molecule has 0 spiro atoms. The third-order valence-electron chi connectivity index (χ3n) is 5.36. The number of hydrogen-bond acceptors (Lipinski definition) is 4. The number of nitrogens with zero attached hydrogens (tertiary/aromatic N) is 1. The highest BCUT2D eigenvalue weighted by Crippen LogP contribution is 2.19. The van der Waals surface area contributed by atoms with Gasteiger partial charge in [-0.05, 0) is 80.2 Å². The van der Waals surface area contributed by atoms with E-state index in [1.54, 1.807) is 53.4 Å². The first-order chi connectivity index (χ1) is 17.0. The molecule has 0 fully saturated rings. The number of ether oxygens (including phenoxy) is 1. The minimum absolute atomic E-state index is 0.116. The second-order valence-corrected chi connectivity index (χ2v) is 8.36. The van der Waals surface area contributed by atoms with Gasteiger partial charge in [0.2, 0.25) is 0 Å². The van der Waals surface area contributed by atoms with Crippen LogP contribution >= 0.6 is 12.2 Å². The van der Waals surface area contributed by atoms with E-state index in [0.29, 0.717) is 30.0 Å². The number of carbonyl (C=O) groups is 2. The topological polar surface area (TPSA) is 70.7 Å². The number of carbonyl (C=O) groups excluding carboxylic acids is 2. The van der Waals surface area contributed by atoms with E-state index >= 15 is 0 Å². The third-order valence-corrected chi connectivity index (χ3v) is 5.56. The highest BCUT2D eigenvalue weighted by molar-refractivity contribution is 7.80. The second-order valence-electron chi connectivity index (χ2n) is 7.95. The molecule has 0 unspecified atom stereocenters. The van der Waals surface area contributed by atoms with Crippen molar-refractivity contribution in [2.24, 2.45) is 0 Å². The largest absolute Gasteiger partial charge is 0.494 e. The van der Waals surface area contributed by atoms with Crippen molar-refractivity contribution in [3.63, 3.8) is 0 Å². The highest BCUT2D eigenvalue weighted by atomic mass is 32.1. The molecule has 0 atom stereocenters. The molecule has 2 N–H and O–H groups in total. The first-order valence-electron chi connectivity index (χ1n) is 11.8. The molecule has 6 nitrogen and oxygen atoms in total. The summed E-state index contributed by atoms with van der Waals surface area (Å²) in [5.41, 5.74) is 2.43. The van der Waals surface area contributed by atoms with Crippen LogP contribution in [0.25, 0.3) is 0 Å². The molecule has 2 amide bonds. The first kappa shape index (κ1) is 25.9. The number of nitrogens with one attached hydrogen (secondary N) is 2. The quantitative estimate of drug-likeness (QED) is 0.268. The SMILES string of the molecule is CCCCCOc1ccc(C(=O)NC(=S)Nc2cccc(C(=O)N(CC)c3ccccc3)c2)cc1. The second kappa shape index (κ2) is 13.2. The van der Waals surface area contributed by atoms with Gasteiger partial charge < -0.3 is 15.0 Å². The van der Waals surface area contributed by atoms with E-state index in [1.807, 2.05) is 37.3 Å². The summed E-state index contributed by atoms with van der Waals surface area (Å²) < 4.78 is 5.69. The lowest BCUT2D eigenvalue weighted by Crippen LogP contribution is -2.34. The Morgan fingerprint density at radius 1 is 0.886 bits per heavy atom. The molecule has 7 heteroatoms. The lowest BCUT2D eigenvalue weighted by molar-refractivity contribution is 0.0973. The molecule has 3 rings (SSSR count). The Morgan fingerprint density at radius 3 is 2.31 bits per heavy atom. The zero-order valence-corrected chi connectivity index (χ0v) is 20.9. The maximum Gasteiger partial charge on any atom is 0.258 e. The van der Waals surface area contributed by atoms with Crippen molar-refractivity contribution in [3.05, 3.63) is 90.0 Å². The first-order valence-corrected chi connectivity index (χ1v) is 12.2. The fraction of sp³-hybridized carbons (Fsp3) is 0.250. The Labute approximate surface area is 212 Å². The summed E-state index contributed by atoms with van der Waals surface area (Å²) >= 11 is 5.32. The standard InChI is InChI=1S/C28H31N3O3S/c1-3-5-9-19-34-25-17-15-21(16-18-25)26(32)30-28(35)29-23-12-10-11-22(20-23)27(33)31(4-2)24-13-7-6-8-14-24/h6-8,10-18,20H,3-5,9,19H2,1-2H3,(H2,29,30,32,35). The van der Waals surface area contributed by atoms with Gasteiger partial charge in [-0.1, -0.05) is 44.0 Å². The average Bonchev–Trinajstić information content (AvgIpc) is 2.88. The van der Waals surface area contributed by atoms with Crippen molar-refractivity contribution in [2.45, 2.75) is 33.1 Å². The Hall–Kier alpha value is -3.71. The minimum atomic E-state index is -0.325. The molecule has 0 saturated carbocycles.